The number of aryl methyl sites for hydroxylation is 3. The molecule has 4 aromatic rings. The smallest absolute Gasteiger partial charge is 0.140 e. The molecule has 0 saturated heterocycles. The summed E-state index contributed by atoms with van der Waals surface area (Å²) < 4.78 is 6.54. The van der Waals surface area contributed by atoms with Crippen molar-refractivity contribution in [3.63, 3.8) is 0 Å². The predicted molar refractivity (Wildman–Crippen MR) is 138 cm³/mol. The van der Waals surface area contributed by atoms with Crippen molar-refractivity contribution in [1.82, 2.24) is 0 Å². The van der Waals surface area contributed by atoms with Gasteiger partial charge in [-0.25, -0.2) is 0 Å². The maximum atomic E-state index is 6.54. The Morgan fingerprint density at radius 2 is 1.36 bits per heavy atom. The number of para-hydroxylation sites is 1. The number of benzene rings is 4. The van der Waals surface area contributed by atoms with Gasteiger partial charge in [0.1, 0.15) is 11.5 Å². The molecular weight excluding hydrogens is 402 g/mol. The molecule has 1 aliphatic rings. The molecule has 0 radical (unpaired) electrons. The van der Waals surface area contributed by atoms with E-state index in [-0.39, 0.29) is 5.92 Å². The van der Waals surface area contributed by atoms with E-state index in [0.29, 0.717) is 0 Å². The maximum Gasteiger partial charge on any atom is 0.140 e. The first kappa shape index (κ1) is 21.0. The molecule has 0 saturated carbocycles. The van der Waals surface area contributed by atoms with Crippen LogP contribution in [-0.4, -0.2) is 6.21 Å². The van der Waals surface area contributed by atoms with Crippen LogP contribution < -0.4 is 4.74 Å². The molecule has 0 amide bonds. The third-order valence-corrected chi connectivity index (χ3v) is 6.39. The standard InChI is InChI=1S/C31H27NO/c1-21-17-18-25(19-23(21)3)32-20-28-30(26-14-8-7-11-22(26)2)27-15-9-10-16-29(27)33-31(28)24-12-5-4-6-13-24/h4-20,30H,1-3H3. The topological polar surface area (TPSA) is 21.6 Å². The van der Waals surface area contributed by atoms with Gasteiger partial charge in [0, 0.05) is 28.8 Å². The Bertz CT molecular complexity index is 1360. The number of allylic oxidation sites excluding steroid dienone is 1. The van der Waals surface area contributed by atoms with Crippen LogP contribution >= 0.6 is 0 Å². The summed E-state index contributed by atoms with van der Waals surface area (Å²) in [6.07, 6.45) is 2.00. The minimum atomic E-state index is 0.0293. The summed E-state index contributed by atoms with van der Waals surface area (Å²) in [7, 11) is 0. The molecule has 1 atom stereocenters. The molecule has 5 rings (SSSR count). The molecule has 0 aliphatic carbocycles. The molecule has 0 bridgehead atoms. The number of rotatable bonds is 4. The van der Waals surface area contributed by atoms with E-state index in [1.807, 2.05) is 30.5 Å². The summed E-state index contributed by atoms with van der Waals surface area (Å²) in [5.74, 6) is 1.78. The van der Waals surface area contributed by atoms with Gasteiger partial charge in [-0.1, -0.05) is 78.9 Å². The summed E-state index contributed by atoms with van der Waals surface area (Å²) in [5.41, 5.74) is 9.24. The van der Waals surface area contributed by atoms with Crippen molar-refractivity contribution in [3.05, 3.63) is 136 Å². The van der Waals surface area contributed by atoms with E-state index >= 15 is 0 Å². The quantitative estimate of drug-likeness (QED) is 0.302. The zero-order valence-corrected chi connectivity index (χ0v) is 19.2. The maximum absolute atomic E-state index is 6.54. The number of hydrogen-bond acceptors (Lipinski definition) is 2. The number of aliphatic imine (C=N–C) groups is 1. The highest BCUT2D eigenvalue weighted by Crippen LogP contribution is 2.45. The second-order valence-corrected chi connectivity index (χ2v) is 8.61. The summed E-state index contributed by atoms with van der Waals surface area (Å²) >= 11 is 0. The molecule has 1 heterocycles. The van der Waals surface area contributed by atoms with Gasteiger partial charge < -0.3 is 4.74 Å². The zero-order valence-electron chi connectivity index (χ0n) is 19.2. The van der Waals surface area contributed by atoms with Gasteiger partial charge in [-0.05, 0) is 61.2 Å². The van der Waals surface area contributed by atoms with Crippen molar-refractivity contribution >= 4 is 17.7 Å². The Morgan fingerprint density at radius 3 is 2.12 bits per heavy atom. The highest BCUT2D eigenvalue weighted by molar-refractivity contribution is 5.95. The van der Waals surface area contributed by atoms with Gasteiger partial charge in [0.2, 0.25) is 0 Å². The normalized spacial score (nSPS) is 15.4. The predicted octanol–water partition coefficient (Wildman–Crippen LogP) is 7.95. The Morgan fingerprint density at radius 1 is 0.667 bits per heavy atom. The minimum Gasteiger partial charge on any atom is -0.456 e. The SMILES string of the molecule is Cc1ccc(N=CC2=C(c3ccccc3)Oc3ccccc3C2c2ccccc2C)cc1C. The van der Waals surface area contributed by atoms with Crippen molar-refractivity contribution in [2.45, 2.75) is 26.7 Å². The van der Waals surface area contributed by atoms with Crippen molar-refractivity contribution < 1.29 is 4.74 Å². The number of nitrogens with zero attached hydrogens (tertiary/aromatic N) is 1. The molecule has 33 heavy (non-hydrogen) atoms. The van der Waals surface area contributed by atoms with Crippen molar-refractivity contribution in [2.75, 3.05) is 0 Å². The molecule has 1 aliphatic heterocycles. The van der Waals surface area contributed by atoms with Crippen LogP contribution in [0.1, 0.15) is 39.3 Å². The first-order valence-corrected chi connectivity index (χ1v) is 11.3. The average Bonchev–Trinajstić information content (AvgIpc) is 2.85. The third kappa shape index (κ3) is 4.12. The summed E-state index contributed by atoms with van der Waals surface area (Å²) in [6.45, 7) is 6.42. The van der Waals surface area contributed by atoms with Crippen LogP contribution in [0.3, 0.4) is 0 Å². The summed E-state index contributed by atoms with van der Waals surface area (Å²) in [6, 6.07) is 33.6. The first-order chi connectivity index (χ1) is 16.1. The van der Waals surface area contributed by atoms with Gasteiger partial charge >= 0.3 is 0 Å². The number of ether oxygens (including phenoxy) is 1. The Kier molecular flexibility index (Phi) is 5.66. The van der Waals surface area contributed by atoms with Crippen LogP contribution in [0.15, 0.2) is 108 Å². The van der Waals surface area contributed by atoms with Crippen LogP contribution in [0.25, 0.3) is 5.76 Å². The van der Waals surface area contributed by atoms with E-state index < -0.39 is 0 Å². The van der Waals surface area contributed by atoms with E-state index in [4.69, 9.17) is 9.73 Å². The lowest BCUT2D eigenvalue weighted by Gasteiger charge is -2.30. The third-order valence-electron chi connectivity index (χ3n) is 6.39. The Balaban J connectivity index is 1.74. The van der Waals surface area contributed by atoms with Gasteiger partial charge in [0.05, 0.1) is 5.69 Å². The lowest BCUT2D eigenvalue weighted by Crippen LogP contribution is -2.18. The van der Waals surface area contributed by atoms with Crippen LogP contribution in [0, 0.1) is 20.8 Å². The van der Waals surface area contributed by atoms with Crippen LogP contribution in [0.5, 0.6) is 5.75 Å². The minimum absolute atomic E-state index is 0.0293. The lowest BCUT2D eigenvalue weighted by molar-refractivity contribution is 0.489. The first-order valence-electron chi connectivity index (χ1n) is 11.3. The second-order valence-electron chi connectivity index (χ2n) is 8.61. The molecule has 2 nitrogen and oxygen atoms in total. The van der Waals surface area contributed by atoms with E-state index in [0.717, 1.165) is 33.9 Å². The summed E-state index contributed by atoms with van der Waals surface area (Å²) in [4.78, 5) is 4.92. The Labute approximate surface area is 195 Å². The monoisotopic (exact) mass is 429 g/mol. The van der Waals surface area contributed by atoms with E-state index in [9.17, 15) is 0 Å². The molecule has 0 spiro atoms. The van der Waals surface area contributed by atoms with Crippen molar-refractivity contribution in [3.8, 4) is 5.75 Å². The highest BCUT2D eigenvalue weighted by atomic mass is 16.5. The fourth-order valence-corrected chi connectivity index (χ4v) is 4.42. The molecule has 0 fully saturated rings. The van der Waals surface area contributed by atoms with Gasteiger partial charge in [0.15, 0.2) is 0 Å². The fraction of sp³-hybridized carbons (Fsp3) is 0.129. The van der Waals surface area contributed by atoms with Crippen LogP contribution in [0.2, 0.25) is 0 Å². The number of fused-ring (bicyclic) bond motifs is 1. The van der Waals surface area contributed by atoms with Crippen molar-refractivity contribution in [2.24, 2.45) is 4.99 Å². The van der Waals surface area contributed by atoms with Gasteiger partial charge in [-0.15, -0.1) is 0 Å². The van der Waals surface area contributed by atoms with E-state index in [2.05, 4.69) is 93.6 Å². The molecule has 0 N–H and O–H groups in total. The van der Waals surface area contributed by atoms with Crippen molar-refractivity contribution in [1.29, 1.82) is 0 Å². The molecule has 1 unspecified atom stereocenters. The molecule has 4 aromatic carbocycles. The van der Waals surface area contributed by atoms with E-state index in [1.54, 1.807) is 0 Å². The zero-order chi connectivity index (χ0) is 22.8. The summed E-state index contributed by atoms with van der Waals surface area (Å²) in [5, 5.41) is 0. The van der Waals surface area contributed by atoms with Gasteiger partial charge in [0.25, 0.3) is 0 Å². The molecular formula is C31H27NO. The van der Waals surface area contributed by atoms with E-state index in [1.165, 1.54) is 22.3 Å². The molecule has 2 heteroatoms. The molecule has 0 aromatic heterocycles. The number of hydrogen-bond donors (Lipinski definition) is 0. The average molecular weight is 430 g/mol. The second kappa shape index (κ2) is 8.91. The van der Waals surface area contributed by atoms with Crippen LogP contribution in [-0.2, 0) is 0 Å². The van der Waals surface area contributed by atoms with Gasteiger partial charge in [-0.2, -0.15) is 0 Å². The largest absolute Gasteiger partial charge is 0.456 e. The van der Waals surface area contributed by atoms with Gasteiger partial charge in [-0.3, -0.25) is 4.99 Å². The Hall–Kier alpha value is -3.91. The lowest BCUT2D eigenvalue weighted by atomic mass is 9.80. The fourth-order valence-electron chi connectivity index (χ4n) is 4.42. The highest BCUT2D eigenvalue weighted by Gasteiger charge is 2.31. The van der Waals surface area contributed by atoms with Crippen LogP contribution in [0.4, 0.5) is 5.69 Å². The molecule has 162 valence electrons.